The molecule has 1 saturated heterocycles. The Morgan fingerprint density at radius 2 is 1.95 bits per heavy atom. The maximum Gasteiger partial charge on any atom is 0.123 e. The molecule has 1 aromatic rings. The van der Waals surface area contributed by atoms with E-state index in [-0.39, 0.29) is 5.41 Å². The third-order valence-corrected chi connectivity index (χ3v) is 6.26. The Kier molecular flexibility index (Phi) is 5.12. The monoisotopic (exact) mass is 305 g/mol. The molecule has 0 amide bonds. The highest BCUT2D eigenvalue weighted by molar-refractivity contribution is 7.99. The van der Waals surface area contributed by atoms with Crippen molar-refractivity contribution in [3.05, 3.63) is 29.8 Å². The average Bonchev–Trinajstić information content (AvgIpc) is 2.57. The molecule has 2 nitrogen and oxygen atoms in total. The van der Waals surface area contributed by atoms with Crippen LogP contribution in [0.3, 0.4) is 0 Å². The second-order valence-electron chi connectivity index (χ2n) is 6.50. The normalized spacial score (nSPS) is 25.5. The van der Waals surface area contributed by atoms with Gasteiger partial charge in [0.05, 0.1) is 0 Å². The van der Waals surface area contributed by atoms with E-state index >= 15 is 0 Å². The molecule has 1 heterocycles. The molecule has 0 aromatic heterocycles. The van der Waals surface area contributed by atoms with Gasteiger partial charge in [0.1, 0.15) is 11.9 Å². The fourth-order valence-corrected chi connectivity index (χ4v) is 4.84. The van der Waals surface area contributed by atoms with Gasteiger partial charge < -0.3 is 10.5 Å². The van der Waals surface area contributed by atoms with E-state index in [1.165, 1.54) is 56.3 Å². The zero-order valence-electron chi connectivity index (χ0n) is 12.9. The average molecular weight is 305 g/mol. The molecule has 0 spiro atoms. The first-order valence-corrected chi connectivity index (χ1v) is 9.53. The van der Waals surface area contributed by atoms with Crippen molar-refractivity contribution in [1.82, 2.24) is 0 Å². The number of ether oxygens (including phenoxy) is 1. The second kappa shape index (κ2) is 7.06. The maximum atomic E-state index is 6.39. The first kappa shape index (κ1) is 15.2. The summed E-state index contributed by atoms with van der Waals surface area (Å²) >= 11 is 2.02. The minimum atomic E-state index is 0.149. The molecule has 0 radical (unpaired) electrons. The Labute approximate surface area is 132 Å². The number of para-hydroxylation sites is 1. The first-order chi connectivity index (χ1) is 10.3. The van der Waals surface area contributed by atoms with Gasteiger partial charge in [0.25, 0.3) is 0 Å². The van der Waals surface area contributed by atoms with Crippen LogP contribution in [0.4, 0.5) is 0 Å². The molecule has 1 saturated carbocycles. The van der Waals surface area contributed by atoms with Crippen molar-refractivity contribution in [3.63, 3.8) is 0 Å². The van der Waals surface area contributed by atoms with Crippen LogP contribution in [-0.4, -0.2) is 24.2 Å². The smallest absolute Gasteiger partial charge is 0.123 e. The van der Waals surface area contributed by atoms with Gasteiger partial charge in [0.2, 0.25) is 0 Å². The van der Waals surface area contributed by atoms with E-state index in [1.807, 2.05) is 11.8 Å². The summed E-state index contributed by atoms with van der Waals surface area (Å²) in [6.45, 7) is 0.743. The molecule has 2 fully saturated rings. The van der Waals surface area contributed by atoms with E-state index in [0.717, 1.165) is 18.0 Å². The van der Waals surface area contributed by atoms with Crippen LogP contribution >= 0.6 is 11.8 Å². The molecule has 1 atom stereocenters. The summed E-state index contributed by atoms with van der Waals surface area (Å²) in [4.78, 5) is 0. The van der Waals surface area contributed by atoms with Crippen LogP contribution in [0.5, 0.6) is 5.75 Å². The fourth-order valence-electron chi connectivity index (χ4n) is 3.80. The second-order valence-corrected chi connectivity index (χ2v) is 7.65. The molecule has 0 bridgehead atoms. The molecule has 2 aliphatic rings. The SMILES string of the molecule is NCC1(c2ccccc2OC2CCCSC2)CCCCC1. The topological polar surface area (TPSA) is 35.2 Å². The third-order valence-electron chi connectivity index (χ3n) is 5.07. The molecule has 3 rings (SSSR count). The first-order valence-electron chi connectivity index (χ1n) is 8.38. The molecule has 1 unspecified atom stereocenters. The highest BCUT2D eigenvalue weighted by Crippen LogP contribution is 2.43. The molecule has 2 N–H and O–H groups in total. The molecule has 1 aliphatic heterocycles. The van der Waals surface area contributed by atoms with Crippen LogP contribution in [0, 0.1) is 0 Å². The van der Waals surface area contributed by atoms with Crippen molar-refractivity contribution in [2.45, 2.75) is 56.5 Å². The van der Waals surface area contributed by atoms with E-state index in [2.05, 4.69) is 24.3 Å². The highest BCUT2D eigenvalue weighted by Gasteiger charge is 2.35. The Hall–Kier alpha value is -0.670. The summed E-state index contributed by atoms with van der Waals surface area (Å²) in [5.41, 5.74) is 7.73. The number of thioether (sulfide) groups is 1. The zero-order chi connectivity index (χ0) is 14.5. The molecular formula is C18H27NOS. The number of benzene rings is 1. The molecule has 21 heavy (non-hydrogen) atoms. The summed E-state index contributed by atoms with van der Waals surface area (Å²) in [6, 6.07) is 8.65. The molecule has 116 valence electrons. The lowest BCUT2D eigenvalue weighted by Gasteiger charge is -2.38. The van der Waals surface area contributed by atoms with Crippen molar-refractivity contribution in [2.24, 2.45) is 5.73 Å². The van der Waals surface area contributed by atoms with E-state index in [0.29, 0.717) is 6.10 Å². The van der Waals surface area contributed by atoms with Gasteiger partial charge >= 0.3 is 0 Å². The van der Waals surface area contributed by atoms with Crippen LogP contribution in [0.15, 0.2) is 24.3 Å². The largest absolute Gasteiger partial charge is 0.489 e. The van der Waals surface area contributed by atoms with Crippen molar-refractivity contribution in [1.29, 1.82) is 0 Å². The van der Waals surface area contributed by atoms with E-state index < -0.39 is 0 Å². The summed E-state index contributed by atoms with van der Waals surface area (Å²) in [5, 5.41) is 0. The lowest BCUT2D eigenvalue weighted by Crippen LogP contribution is -2.38. The third kappa shape index (κ3) is 3.40. The summed E-state index contributed by atoms with van der Waals surface area (Å²) in [5.74, 6) is 3.51. The summed E-state index contributed by atoms with van der Waals surface area (Å²) < 4.78 is 6.39. The summed E-state index contributed by atoms with van der Waals surface area (Å²) in [6.07, 6.45) is 9.21. The minimum Gasteiger partial charge on any atom is -0.489 e. The van der Waals surface area contributed by atoms with Crippen molar-refractivity contribution >= 4 is 11.8 Å². The number of hydrogen-bond acceptors (Lipinski definition) is 3. The van der Waals surface area contributed by atoms with Crippen molar-refractivity contribution in [2.75, 3.05) is 18.1 Å². The van der Waals surface area contributed by atoms with Crippen LogP contribution in [0.25, 0.3) is 0 Å². The Bertz CT molecular complexity index is 450. The van der Waals surface area contributed by atoms with Gasteiger partial charge in [0, 0.05) is 23.3 Å². The van der Waals surface area contributed by atoms with E-state index in [1.54, 1.807) is 0 Å². The highest BCUT2D eigenvalue weighted by atomic mass is 32.2. The van der Waals surface area contributed by atoms with E-state index in [4.69, 9.17) is 10.5 Å². The number of hydrogen-bond donors (Lipinski definition) is 1. The number of nitrogens with two attached hydrogens (primary N) is 1. The molecule has 3 heteroatoms. The van der Waals surface area contributed by atoms with Crippen LogP contribution in [-0.2, 0) is 5.41 Å². The van der Waals surface area contributed by atoms with Gasteiger partial charge in [-0.15, -0.1) is 0 Å². The molecule has 1 aromatic carbocycles. The summed E-state index contributed by atoms with van der Waals surface area (Å²) in [7, 11) is 0. The van der Waals surface area contributed by atoms with Crippen LogP contribution in [0.2, 0.25) is 0 Å². The Morgan fingerprint density at radius 3 is 2.67 bits per heavy atom. The zero-order valence-corrected chi connectivity index (χ0v) is 13.7. The van der Waals surface area contributed by atoms with Gasteiger partial charge in [-0.3, -0.25) is 0 Å². The van der Waals surface area contributed by atoms with Crippen LogP contribution in [0.1, 0.15) is 50.5 Å². The van der Waals surface area contributed by atoms with E-state index in [9.17, 15) is 0 Å². The Balaban J connectivity index is 1.83. The molecule has 1 aliphatic carbocycles. The van der Waals surface area contributed by atoms with Crippen molar-refractivity contribution < 1.29 is 4.74 Å². The van der Waals surface area contributed by atoms with Gasteiger partial charge in [0.15, 0.2) is 0 Å². The van der Waals surface area contributed by atoms with Crippen molar-refractivity contribution in [3.8, 4) is 5.75 Å². The minimum absolute atomic E-state index is 0.149. The molecular weight excluding hydrogens is 278 g/mol. The lowest BCUT2D eigenvalue weighted by atomic mass is 9.69. The van der Waals surface area contributed by atoms with Gasteiger partial charge in [-0.05, 0) is 37.5 Å². The number of rotatable bonds is 4. The maximum absolute atomic E-state index is 6.39. The lowest BCUT2D eigenvalue weighted by molar-refractivity contribution is 0.200. The predicted octanol–water partition coefficient (Wildman–Crippen LogP) is 4.12. The Morgan fingerprint density at radius 1 is 1.14 bits per heavy atom. The van der Waals surface area contributed by atoms with Crippen LogP contribution < -0.4 is 10.5 Å². The quantitative estimate of drug-likeness (QED) is 0.908. The van der Waals surface area contributed by atoms with Gasteiger partial charge in [-0.2, -0.15) is 11.8 Å². The standard InChI is InChI=1S/C18H27NOS/c19-14-18(10-4-1-5-11-18)16-8-2-3-9-17(16)20-15-7-6-12-21-13-15/h2-3,8-9,15H,1,4-7,10-14,19H2. The van der Waals surface area contributed by atoms with Gasteiger partial charge in [-0.25, -0.2) is 0 Å². The fraction of sp³-hybridized carbons (Fsp3) is 0.667. The van der Waals surface area contributed by atoms with Gasteiger partial charge in [-0.1, -0.05) is 37.5 Å². The predicted molar refractivity (Wildman–Crippen MR) is 91.2 cm³/mol.